The highest BCUT2D eigenvalue weighted by Gasteiger charge is 2.29. The Labute approximate surface area is 152 Å². The number of fused-ring (bicyclic) bond motifs is 1. The molecular weight excluding hydrogens is 350 g/mol. The van der Waals surface area contributed by atoms with Crippen molar-refractivity contribution in [3.05, 3.63) is 59.9 Å². The van der Waals surface area contributed by atoms with Crippen LogP contribution in [0.5, 0.6) is 0 Å². The van der Waals surface area contributed by atoms with Crippen LogP contribution in [-0.2, 0) is 16.6 Å². The number of aryl methyl sites for hydroxylation is 1. The van der Waals surface area contributed by atoms with E-state index in [4.69, 9.17) is 0 Å². The molecular formula is C18H21N5O2S. The summed E-state index contributed by atoms with van der Waals surface area (Å²) in [5.74, 6) is 0. The topological polar surface area (TPSA) is 79.6 Å². The smallest absolute Gasteiger partial charge is 0.260 e. The van der Waals surface area contributed by atoms with Crippen molar-refractivity contribution in [2.75, 3.05) is 13.1 Å². The molecule has 136 valence electrons. The van der Waals surface area contributed by atoms with Crippen LogP contribution in [0.15, 0.2) is 53.8 Å². The molecule has 0 bridgehead atoms. The van der Waals surface area contributed by atoms with Gasteiger partial charge in [-0.3, -0.25) is 4.90 Å². The Morgan fingerprint density at radius 3 is 3.00 bits per heavy atom. The van der Waals surface area contributed by atoms with Crippen LogP contribution >= 0.6 is 0 Å². The molecule has 1 N–H and O–H groups in total. The minimum Gasteiger partial charge on any atom is -0.297 e. The van der Waals surface area contributed by atoms with Crippen molar-refractivity contribution in [2.24, 2.45) is 0 Å². The van der Waals surface area contributed by atoms with E-state index < -0.39 is 10.0 Å². The van der Waals surface area contributed by atoms with Crippen LogP contribution in [0.1, 0.15) is 17.5 Å². The quantitative estimate of drug-likeness (QED) is 0.737. The molecule has 0 spiro atoms. The first-order valence-electron chi connectivity index (χ1n) is 8.60. The molecule has 1 unspecified atom stereocenters. The highest BCUT2D eigenvalue weighted by Crippen LogP contribution is 2.17. The first-order chi connectivity index (χ1) is 12.5. The van der Waals surface area contributed by atoms with Crippen LogP contribution in [0.2, 0.25) is 0 Å². The van der Waals surface area contributed by atoms with Crippen molar-refractivity contribution in [2.45, 2.75) is 31.0 Å². The number of sulfonamides is 1. The second-order valence-corrected chi connectivity index (χ2v) is 8.38. The average Bonchev–Trinajstić information content (AvgIpc) is 3.21. The van der Waals surface area contributed by atoms with E-state index >= 15 is 0 Å². The standard InChI is InChI=1S/C18H21N5O2S/c1-14-4-2-5-15(10-14)12-22-9-7-16(13-22)21-26(24,25)18-11-19-17-6-3-8-20-23(17)18/h2-6,8,10-11,16,21H,7,9,12-13H2,1H3. The molecule has 1 aliphatic heterocycles. The van der Waals surface area contributed by atoms with Gasteiger partial charge in [0.2, 0.25) is 0 Å². The Kier molecular flexibility index (Phi) is 4.47. The highest BCUT2D eigenvalue weighted by atomic mass is 32.2. The molecule has 1 aromatic carbocycles. The fourth-order valence-corrected chi connectivity index (χ4v) is 4.72. The molecule has 0 amide bonds. The van der Waals surface area contributed by atoms with E-state index in [0.29, 0.717) is 12.2 Å². The van der Waals surface area contributed by atoms with Gasteiger partial charge in [-0.25, -0.2) is 22.6 Å². The predicted octanol–water partition coefficient (Wildman–Crippen LogP) is 1.59. The fraction of sp³-hybridized carbons (Fsp3) is 0.333. The summed E-state index contributed by atoms with van der Waals surface area (Å²) >= 11 is 0. The van der Waals surface area contributed by atoms with Crippen molar-refractivity contribution in [1.29, 1.82) is 0 Å². The summed E-state index contributed by atoms with van der Waals surface area (Å²) in [7, 11) is -3.67. The summed E-state index contributed by atoms with van der Waals surface area (Å²) in [5, 5.41) is 4.16. The molecule has 3 heterocycles. The molecule has 2 aromatic heterocycles. The molecule has 0 saturated carbocycles. The van der Waals surface area contributed by atoms with Gasteiger partial charge >= 0.3 is 0 Å². The third-order valence-corrected chi connectivity index (χ3v) is 6.08. The molecule has 26 heavy (non-hydrogen) atoms. The van der Waals surface area contributed by atoms with Gasteiger partial charge in [-0.1, -0.05) is 29.8 Å². The van der Waals surface area contributed by atoms with E-state index in [2.05, 4.69) is 50.9 Å². The number of aromatic nitrogens is 3. The Hall–Kier alpha value is -2.29. The lowest BCUT2D eigenvalue weighted by atomic mass is 10.1. The van der Waals surface area contributed by atoms with Gasteiger partial charge in [0.05, 0.1) is 6.20 Å². The van der Waals surface area contributed by atoms with Gasteiger partial charge in [0, 0.05) is 31.9 Å². The zero-order valence-corrected chi connectivity index (χ0v) is 15.4. The van der Waals surface area contributed by atoms with E-state index in [9.17, 15) is 8.42 Å². The number of rotatable bonds is 5. The minimum atomic E-state index is -3.67. The molecule has 0 radical (unpaired) electrons. The number of likely N-dealkylation sites (tertiary alicyclic amines) is 1. The third kappa shape index (κ3) is 3.48. The van der Waals surface area contributed by atoms with E-state index in [1.165, 1.54) is 21.8 Å². The lowest BCUT2D eigenvalue weighted by Crippen LogP contribution is -2.37. The fourth-order valence-electron chi connectivity index (χ4n) is 3.41. The van der Waals surface area contributed by atoms with Gasteiger partial charge in [0.25, 0.3) is 10.0 Å². The summed E-state index contributed by atoms with van der Waals surface area (Å²) < 4.78 is 29.6. The molecule has 3 aromatic rings. The number of hydrogen-bond donors (Lipinski definition) is 1. The number of hydrogen-bond acceptors (Lipinski definition) is 5. The van der Waals surface area contributed by atoms with Gasteiger partial charge in [-0.15, -0.1) is 0 Å². The van der Waals surface area contributed by atoms with Crippen molar-refractivity contribution in [3.63, 3.8) is 0 Å². The summed E-state index contributed by atoms with van der Waals surface area (Å²) in [6.07, 6.45) is 3.69. The summed E-state index contributed by atoms with van der Waals surface area (Å²) in [4.78, 5) is 6.38. The number of nitrogens with zero attached hydrogens (tertiary/aromatic N) is 4. The van der Waals surface area contributed by atoms with Crippen molar-refractivity contribution in [1.82, 2.24) is 24.2 Å². The first kappa shape index (κ1) is 17.1. The molecule has 1 aliphatic rings. The van der Waals surface area contributed by atoms with Crippen molar-refractivity contribution in [3.8, 4) is 0 Å². The van der Waals surface area contributed by atoms with Crippen LogP contribution in [0.25, 0.3) is 5.65 Å². The lowest BCUT2D eigenvalue weighted by molar-refractivity contribution is 0.324. The second-order valence-electron chi connectivity index (χ2n) is 6.72. The van der Waals surface area contributed by atoms with Crippen LogP contribution in [0, 0.1) is 6.92 Å². The first-order valence-corrected chi connectivity index (χ1v) is 10.1. The van der Waals surface area contributed by atoms with E-state index in [0.717, 1.165) is 19.5 Å². The Bertz CT molecular complexity index is 1030. The van der Waals surface area contributed by atoms with Gasteiger partial charge in [0.15, 0.2) is 10.7 Å². The number of benzene rings is 1. The van der Waals surface area contributed by atoms with E-state index in [-0.39, 0.29) is 11.1 Å². The monoisotopic (exact) mass is 371 g/mol. The Morgan fingerprint density at radius 1 is 1.27 bits per heavy atom. The maximum atomic E-state index is 12.7. The maximum Gasteiger partial charge on any atom is 0.260 e. The predicted molar refractivity (Wildman–Crippen MR) is 98.2 cm³/mol. The summed E-state index contributed by atoms with van der Waals surface area (Å²) in [6, 6.07) is 11.7. The Morgan fingerprint density at radius 2 is 2.15 bits per heavy atom. The summed E-state index contributed by atoms with van der Waals surface area (Å²) in [6.45, 7) is 4.47. The molecule has 1 atom stereocenters. The third-order valence-electron chi connectivity index (χ3n) is 4.60. The van der Waals surface area contributed by atoms with Crippen LogP contribution in [-0.4, -0.2) is 47.0 Å². The van der Waals surface area contributed by atoms with Crippen molar-refractivity contribution < 1.29 is 8.42 Å². The normalized spacial score (nSPS) is 18.6. The zero-order chi connectivity index (χ0) is 18.1. The largest absolute Gasteiger partial charge is 0.297 e. The molecule has 0 aliphatic carbocycles. The lowest BCUT2D eigenvalue weighted by Gasteiger charge is -2.17. The molecule has 4 rings (SSSR count). The van der Waals surface area contributed by atoms with E-state index in [1.807, 2.05) is 0 Å². The van der Waals surface area contributed by atoms with Crippen LogP contribution in [0.3, 0.4) is 0 Å². The molecule has 1 saturated heterocycles. The van der Waals surface area contributed by atoms with Gasteiger partial charge in [0.1, 0.15) is 0 Å². The van der Waals surface area contributed by atoms with Gasteiger partial charge in [-0.05, 0) is 31.0 Å². The van der Waals surface area contributed by atoms with Crippen molar-refractivity contribution >= 4 is 15.7 Å². The average molecular weight is 371 g/mol. The number of imidazole rings is 1. The van der Waals surface area contributed by atoms with Gasteiger partial charge < -0.3 is 0 Å². The zero-order valence-electron chi connectivity index (χ0n) is 14.5. The van der Waals surface area contributed by atoms with E-state index in [1.54, 1.807) is 18.3 Å². The molecule has 1 fully saturated rings. The molecule has 8 heteroatoms. The highest BCUT2D eigenvalue weighted by molar-refractivity contribution is 7.89. The SMILES string of the molecule is Cc1cccc(CN2CCC(NS(=O)(=O)c3cnc4cccnn34)C2)c1. The van der Waals surface area contributed by atoms with Gasteiger partial charge in [-0.2, -0.15) is 5.10 Å². The van der Waals surface area contributed by atoms with Crippen LogP contribution in [0.4, 0.5) is 0 Å². The molecule has 7 nitrogen and oxygen atoms in total. The second kappa shape index (κ2) is 6.79. The summed E-state index contributed by atoms with van der Waals surface area (Å²) in [5.41, 5.74) is 3.00. The van der Waals surface area contributed by atoms with Crippen LogP contribution < -0.4 is 4.72 Å². The Balaban J connectivity index is 1.44. The number of nitrogens with one attached hydrogen (secondary N) is 1. The maximum absolute atomic E-state index is 12.7. The minimum absolute atomic E-state index is 0.0743.